The summed E-state index contributed by atoms with van der Waals surface area (Å²) in [6.45, 7) is 4.10. The second-order valence-electron chi connectivity index (χ2n) is 9.47. The summed E-state index contributed by atoms with van der Waals surface area (Å²) in [5, 5.41) is 15.0. The molecule has 1 amide bonds. The number of rotatable bonds is 9. The molecule has 4 rings (SSSR count). The van der Waals surface area contributed by atoms with E-state index in [0.717, 1.165) is 27.8 Å². The number of aryl methyl sites for hydroxylation is 1. The van der Waals surface area contributed by atoms with E-state index in [1.807, 2.05) is 44.2 Å². The van der Waals surface area contributed by atoms with Crippen molar-refractivity contribution in [1.29, 1.82) is 0 Å². The number of methoxy groups -OCH3 is 1. The smallest absolute Gasteiger partial charge is 0.265 e. The van der Waals surface area contributed by atoms with Gasteiger partial charge in [-0.05, 0) is 65.4 Å². The number of anilines is 1. The summed E-state index contributed by atoms with van der Waals surface area (Å²) in [5.41, 5.74) is 10.7. The number of halogens is 1. The average Bonchev–Trinajstić information content (AvgIpc) is 2.92. The number of amides is 1. The monoisotopic (exact) mass is 545 g/mol. The Morgan fingerprint density at radius 3 is 2.50 bits per heavy atom. The van der Waals surface area contributed by atoms with E-state index in [4.69, 9.17) is 10.5 Å². The van der Waals surface area contributed by atoms with Crippen LogP contribution in [0.25, 0.3) is 22.3 Å². The third-order valence-corrected chi connectivity index (χ3v) is 6.79. The number of carbonyl (C=O) groups excluding carboxylic acids is 1. The number of aliphatic hydroxyl groups excluding tert-OH is 1. The van der Waals surface area contributed by atoms with Crippen molar-refractivity contribution in [2.45, 2.75) is 26.6 Å². The largest absolute Gasteiger partial charge is 0.496 e. The zero-order valence-electron chi connectivity index (χ0n) is 22.8. The van der Waals surface area contributed by atoms with Crippen molar-refractivity contribution in [3.63, 3.8) is 0 Å². The summed E-state index contributed by atoms with van der Waals surface area (Å²) in [7, 11) is 3.01. The van der Waals surface area contributed by atoms with Gasteiger partial charge in [-0.1, -0.05) is 30.3 Å². The highest BCUT2D eigenvalue weighted by atomic mass is 19.1. The zero-order valence-corrected chi connectivity index (χ0v) is 22.8. The van der Waals surface area contributed by atoms with E-state index < -0.39 is 23.5 Å². The van der Waals surface area contributed by atoms with Crippen LogP contribution < -0.4 is 26.7 Å². The molecule has 3 aromatic carbocycles. The van der Waals surface area contributed by atoms with Gasteiger partial charge >= 0.3 is 0 Å². The first-order chi connectivity index (χ1) is 19.1. The Hall–Kier alpha value is -4.38. The SMILES string of the molecule is COc1cc(-c2cccc(-c3cccc(NC(=O)c4cncn(C)c4=O)c3C)c2C)cc(F)c1CNC[C@@H](N)O. The first-order valence-electron chi connectivity index (χ1n) is 12.6. The van der Waals surface area contributed by atoms with Crippen LogP contribution in [0.5, 0.6) is 5.75 Å². The Morgan fingerprint density at radius 1 is 1.12 bits per heavy atom. The van der Waals surface area contributed by atoms with E-state index >= 15 is 4.39 Å². The molecule has 0 saturated heterocycles. The van der Waals surface area contributed by atoms with Gasteiger partial charge in [0.15, 0.2) is 0 Å². The molecule has 0 spiro atoms. The fourth-order valence-electron chi connectivity index (χ4n) is 4.62. The van der Waals surface area contributed by atoms with E-state index in [0.29, 0.717) is 22.6 Å². The summed E-state index contributed by atoms with van der Waals surface area (Å²) in [6, 6.07) is 14.6. The molecule has 10 heteroatoms. The first kappa shape index (κ1) is 28.6. The second kappa shape index (κ2) is 12.2. The summed E-state index contributed by atoms with van der Waals surface area (Å²) >= 11 is 0. The minimum absolute atomic E-state index is 0.0539. The van der Waals surface area contributed by atoms with Crippen LogP contribution in [-0.4, -0.2) is 40.4 Å². The van der Waals surface area contributed by atoms with E-state index in [1.165, 1.54) is 37.3 Å². The Balaban J connectivity index is 1.69. The highest BCUT2D eigenvalue weighted by molar-refractivity contribution is 6.04. The summed E-state index contributed by atoms with van der Waals surface area (Å²) in [5.74, 6) is -0.612. The molecule has 40 heavy (non-hydrogen) atoms. The Kier molecular flexibility index (Phi) is 8.73. The maximum Gasteiger partial charge on any atom is 0.265 e. The number of hydrogen-bond donors (Lipinski definition) is 4. The molecule has 1 aromatic heterocycles. The fourth-order valence-corrected chi connectivity index (χ4v) is 4.62. The standard InChI is InChI=1S/C30H32FN5O4/c1-17-20(19-11-25(31)23(27(12-19)40-4)13-33-15-28(32)37)7-5-8-21(17)22-9-6-10-26(18(22)2)35-29(38)24-14-34-16-36(3)30(24)39/h5-12,14,16,28,33,37H,13,15,32H2,1-4H3,(H,35,38)/t28-/m0/s1. The molecule has 0 aliphatic heterocycles. The molecule has 0 fully saturated rings. The maximum atomic E-state index is 15.2. The van der Waals surface area contributed by atoms with Crippen molar-refractivity contribution < 1.29 is 19.0 Å². The number of aliphatic hydroxyl groups is 1. The Bertz CT molecular complexity index is 1620. The van der Waals surface area contributed by atoms with Crippen LogP contribution in [-0.2, 0) is 13.6 Å². The lowest BCUT2D eigenvalue weighted by Crippen LogP contribution is -2.33. The second-order valence-corrected chi connectivity index (χ2v) is 9.47. The number of hydrogen-bond acceptors (Lipinski definition) is 7. The first-order valence-corrected chi connectivity index (χ1v) is 12.6. The lowest BCUT2D eigenvalue weighted by Gasteiger charge is -2.18. The van der Waals surface area contributed by atoms with Crippen LogP contribution in [0.4, 0.5) is 10.1 Å². The summed E-state index contributed by atoms with van der Waals surface area (Å²) < 4.78 is 21.9. The number of benzene rings is 3. The van der Waals surface area contributed by atoms with Gasteiger partial charge in [0.25, 0.3) is 11.5 Å². The van der Waals surface area contributed by atoms with Crippen molar-refractivity contribution in [3.05, 3.63) is 99.5 Å². The van der Waals surface area contributed by atoms with Crippen LogP contribution in [0.2, 0.25) is 0 Å². The molecule has 0 aliphatic rings. The Morgan fingerprint density at radius 2 is 1.80 bits per heavy atom. The fraction of sp³-hybridized carbons (Fsp3) is 0.233. The Labute approximate surface area is 231 Å². The molecule has 208 valence electrons. The number of aromatic nitrogens is 2. The maximum absolute atomic E-state index is 15.2. The zero-order chi connectivity index (χ0) is 29.0. The van der Waals surface area contributed by atoms with Gasteiger partial charge in [0.1, 0.15) is 23.4 Å². The summed E-state index contributed by atoms with van der Waals surface area (Å²) in [6.07, 6.45) is 1.55. The molecule has 5 N–H and O–H groups in total. The lowest BCUT2D eigenvalue weighted by molar-refractivity contribution is 0.102. The van der Waals surface area contributed by atoms with Crippen molar-refractivity contribution in [3.8, 4) is 28.0 Å². The molecule has 4 aromatic rings. The normalized spacial score (nSPS) is 11.8. The van der Waals surface area contributed by atoms with Crippen LogP contribution in [0.3, 0.4) is 0 Å². The topological polar surface area (TPSA) is 132 Å². The molecule has 0 bridgehead atoms. The molecule has 0 saturated carbocycles. The lowest BCUT2D eigenvalue weighted by atomic mass is 9.90. The molecule has 0 unspecified atom stereocenters. The van der Waals surface area contributed by atoms with Crippen LogP contribution in [0, 0.1) is 19.7 Å². The molecule has 9 nitrogen and oxygen atoms in total. The van der Waals surface area contributed by atoms with Crippen molar-refractivity contribution >= 4 is 11.6 Å². The van der Waals surface area contributed by atoms with Gasteiger partial charge in [-0.25, -0.2) is 9.37 Å². The minimum Gasteiger partial charge on any atom is -0.496 e. The molecular formula is C30H32FN5O4. The highest BCUT2D eigenvalue weighted by Gasteiger charge is 2.18. The average molecular weight is 546 g/mol. The predicted molar refractivity (Wildman–Crippen MR) is 153 cm³/mol. The molecule has 0 radical (unpaired) electrons. The van der Waals surface area contributed by atoms with Gasteiger partial charge < -0.3 is 30.8 Å². The minimum atomic E-state index is -1.04. The van der Waals surface area contributed by atoms with E-state index in [-0.39, 0.29) is 18.7 Å². The van der Waals surface area contributed by atoms with Crippen molar-refractivity contribution in [1.82, 2.24) is 14.9 Å². The third kappa shape index (κ3) is 5.94. The predicted octanol–water partition coefficient (Wildman–Crippen LogP) is 3.50. The van der Waals surface area contributed by atoms with Crippen LogP contribution in [0.15, 0.2) is 65.8 Å². The third-order valence-electron chi connectivity index (χ3n) is 6.79. The number of nitrogens with one attached hydrogen (secondary N) is 2. The molecular weight excluding hydrogens is 513 g/mol. The number of nitrogens with zero attached hydrogens (tertiary/aromatic N) is 2. The molecule has 0 aliphatic carbocycles. The van der Waals surface area contributed by atoms with Crippen molar-refractivity contribution in [2.75, 3.05) is 19.0 Å². The van der Waals surface area contributed by atoms with Gasteiger partial charge in [0.2, 0.25) is 0 Å². The van der Waals surface area contributed by atoms with Gasteiger partial charge in [-0.15, -0.1) is 0 Å². The number of nitrogens with two attached hydrogens (primary N) is 1. The number of ether oxygens (including phenoxy) is 1. The van der Waals surface area contributed by atoms with E-state index in [9.17, 15) is 14.7 Å². The van der Waals surface area contributed by atoms with Gasteiger partial charge in [-0.3, -0.25) is 9.59 Å². The highest BCUT2D eigenvalue weighted by Crippen LogP contribution is 2.37. The number of carbonyl (C=O) groups is 1. The quantitative estimate of drug-likeness (QED) is 0.237. The van der Waals surface area contributed by atoms with Gasteiger partial charge in [0.05, 0.1) is 13.4 Å². The van der Waals surface area contributed by atoms with E-state index in [1.54, 1.807) is 12.1 Å². The molecule has 1 heterocycles. The van der Waals surface area contributed by atoms with Crippen LogP contribution >= 0.6 is 0 Å². The van der Waals surface area contributed by atoms with Gasteiger partial charge in [-0.2, -0.15) is 0 Å². The van der Waals surface area contributed by atoms with Crippen molar-refractivity contribution in [2.24, 2.45) is 12.8 Å². The molecule has 1 atom stereocenters. The van der Waals surface area contributed by atoms with Crippen LogP contribution in [0.1, 0.15) is 27.0 Å². The summed E-state index contributed by atoms with van der Waals surface area (Å²) in [4.78, 5) is 29.2. The van der Waals surface area contributed by atoms with E-state index in [2.05, 4.69) is 15.6 Å². The van der Waals surface area contributed by atoms with Gasteiger partial charge in [0, 0.05) is 37.6 Å².